The average Bonchev–Trinajstić information content (AvgIpc) is 3.64. The smallest absolute Gasteiger partial charge is 0.272 e. The number of fused-ring (bicyclic) bond motifs is 1. The van der Waals surface area contributed by atoms with Gasteiger partial charge in [-0.25, -0.2) is 4.68 Å². The largest absolute Gasteiger partial charge is 0.463 e. The fourth-order valence-electron chi connectivity index (χ4n) is 4.87. The van der Waals surface area contributed by atoms with Crippen LogP contribution in [0.1, 0.15) is 27.2 Å². The third-order valence-electron chi connectivity index (χ3n) is 6.79. The number of ether oxygens (including phenoxy) is 2. The Kier molecular flexibility index (Phi) is 5.73. The van der Waals surface area contributed by atoms with Gasteiger partial charge in [0.2, 0.25) is 6.79 Å². The highest BCUT2D eigenvalue weighted by molar-refractivity contribution is 5.94. The second-order valence-corrected chi connectivity index (χ2v) is 9.35. The van der Waals surface area contributed by atoms with Gasteiger partial charge in [0, 0.05) is 38.8 Å². The minimum Gasteiger partial charge on any atom is -0.463 e. The Labute approximate surface area is 209 Å². The number of rotatable bonds is 5. The lowest BCUT2D eigenvalue weighted by Crippen LogP contribution is -2.48. The van der Waals surface area contributed by atoms with E-state index in [9.17, 15) is 4.79 Å². The van der Waals surface area contributed by atoms with Gasteiger partial charge in [0.15, 0.2) is 17.3 Å². The number of hydrogen-bond donors (Lipinski definition) is 0. The van der Waals surface area contributed by atoms with Gasteiger partial charge in [-0.2, -0.15) is 5.10 Å². The van der Waals surface area contributed by atoms with Crippen molar-refractivity contribution in [1.29, 1.82) is 0 Å². The number of carbonyl (C=O) groups excluding carboxylic acids is 1. The molecule has 1 amide bonds. The molecule has 36 heavy (non-hydrogen) atoms. The van der Waals surface area contributed by atoms with E-state index in [4.69, 9.17) is 19.0 Å². The molecule has 2 aliphatic rings. The van der Waals surface area contributed by atoms with Crippen LogP contribution in [0.25, 0.3) is 17.1 Å². The van der Waals surface area contributed by atoms with Crippen LogP contribution < -0.4 is 9.47 Å². The van der Waals surface area contributed by atoms with E-state index in [0.717, 1.165) is 42.4 Å². The molecule has 2 aromatic carbocycles. The molecular weight excluding hydrogens is 456 g/mol. The van der Waals surface area contributed by atoms with Crippen molar-refractivity contribution in [2.75, 3.05) is 33.0 Å². The monoisotopic (exact) mass is 484 g/mol. The van der Waals surface area contributed by atoms with E-state index in [1.807, 2.05) is 54.3 Å². The van der Waals surface area contributed by atoms with Crippen molar-refractivity contribution in [3.05, 3.63) is 83.2 Å². The zero-order valence-corrected chi connectivity index (χ0v) is 20.4. The molecule has 0 saturated carbocycles. The van der Waals surface area contributed by atoms with Gasteiger partial charge in [-0.15, -0.1) is 0 Å². The van der Waals surface area contributed by atoms with Gasteiger partial charge in [0.05, 0.1) is 12.0 Å². The van der Waals surface area contributed by atoms with Crippen molar-refractivity contribution in [3.8, 4) is 28.6 Å². The fourth-order valence-corrected chi connectivity index (χ4v) is 4.87. The number of nitrogens with zero attached hydrogens (tertiary/aromatic N) is 4. The molecule has 1 saturated heterocycles. The van der Waals surface area contributed by atoms with Gasteiger partial charge in [-0.3, -0.25) is 9.69 Å². The fraction of sp³-hybridized carbons (Fsp3) is 0.286. The maximum Gasteiger partial charge on any atom is 0.272 e. The SMILES string of the molecule is Cc1ccc(-n2nc(-c3ccco3)cc2C(=O)N2CCN(Cc3ccc4c(c3)OCO4)CC2)c(C)c1. The first-order chi connectivity index (χ1) is 17.5. The molecule has 0 spiro atoms. The van der Waals surface area contributed by atoms with Crippen LogP contribution in [-0.2, 0) is 6.54 Å². The van der Waals surface area contributed by atoms with Crippen LogP contribution in [0.2, 0.25) is 0 Å². The highest BCUT2D eigenvalue weighted by Gasteiger charge is 2.27. The van der Waals surface area contributed by atoms with Crippen molar-refractivity contribution >= 4 is 5.91 Å². The van der Waals surface area contributed by atoms with Gasteiger partial charge in [-0.05, 0) is 55.3 Å². The van der Waals surface area contributed by atoms with Crippen LogP contribution in [0.15, 0.2) is 65.3 Å². The van der Waals surface area contributed by atoms with Gasteiger partial charge >= 0.3 is 0 Å². The summed E-state index contributed by atoms with van der Waals surface area (Å²) in [6, 6.07) is 17.8. The quantitative estimate of drug-likeness (QED) is 0.417. The number of aromatic nitrogens is 2. The standard InChI is InChI=1S/C28H28N4O4/c1-19-5-7-23(20(2)14-19)32-24(16-22(29-32)25-4-3-13-34-25)28(33)31-11-9-30(10-12-31)17-21-6-8-26-27(15-21)36-18-35-26/h3-8,13-16H,9-12,17-18H2,1-2H3. The van der Waals surface area contributed by atoms with Gasteiger partial charge < -0.3 is 18.8 Å². The summed E-state index contributed by atoms with van der Waals surface area (Å²) in [6.07, 6.45) is 1.62. The Hall–Kier alpha value is -4.04. The minimum absolute atomic E-state index is 0.0250. The Balaban J connectivity index is 1.21. The average molecular weight is 485 g/mol. The molecule has 6 rings (SSSR count). The van der Waals surface area contributed by atoms with Crippen molar-refractivity contribution < 1.29 is 18.7 Å². The number of amides is 1. The number of hydrogen-bond acceptors (Lipinski definition) is 6. The Morgan fingerprint density at radius 3 is 2.56 bits per heavy atom. The normalized spacial score (nSPS) is 15.4. The molecule has 0 aliphatic carbocycles. The molecule has 8 nitrogen and oxygen atoms in total. The molecule has 2 aliphatic heterocycles. The Bertz CT molecular complexity index is 1400. The zero-order valence-electron chi connectivity index (χ0n) is 20.4. The van der Waals surface area contributed by atoms with E-state index in [0.29, 0.717) is 30.2 Å². The van der Waals surface area contributed by atoms with E-state index < -0.39 is 0 Å². The van der Waals surface area contributed by atoms with E-state index >= 15 is 0 Å². The number of furan rings is 1. The van der Waals surface area contributed by atoms with Gasteiger partial charge in [-0.1, -0.05) is 23.8 Å². The lowest BCUT2D eigenvalue weighted by molar-refractivity contribution is 0.0619. The van der Waals surface area contributed by atoms with Gasteiger partial charge in [0.1, 0.15) is 11.4 Å². The van der Waals surface area contributed by atoms with Crippen LogP contribution in [0.5, 0.6) is 11.5 Å². The summed E-state index contributed by atoms with van der Waals surface area (Å²) >= 11 is 0. The summed E-state index contributed by atoms with van der Waals surface area (Å²) in [4.78, 5) is 18.0. The van der Waals surface area contributed by atoms with E-state index in [1.165, 1.54) is 11.1 Å². The van der Waals surface area contributed by atoms with Crippen LogP contribution in [-0.4, -0.2) is 58.5 Å². The number of piperazine rings is 1. The molecule has 4 aromatic rings. The third kappa shape index (κ3) is 4.24. The molecule has 2 aromatic heterocycles. The number of aryl methyl sites for hydroxylation is 2. The molecular formula is C28H28N4O4. The Morgan fingerprint density at radius 1 is 0.944 bits per heavy atom. The number of carbonyl (C=O) groups is 1. The van der Waals surface area contributed by atoms with Crippen molar-refractivity contribution in [2.24, 2.45) is 0 Å². The van der Waals surface area contributed by atoms with Gasteiger partial charge in [0.25, 0.3) is 5.91 Å². The topological polar surface area (TPSA) is 73.0 Å². The lowest BCUT2D eigenvalue weighted by atomic mass is 10.1. The summed E-state index contributed by atoms with van der Waals surface area (Å²) in [5.74, 6) is 2.21. The summed E-state index contributed by atoms with van der Waals surface area (Å²) in [5, 5.41) is 4.77. The molecule has 1 fully saturated rings. The number of benzene rings is 2. The maximum absolute atomic E-state index is 13.7. The van der Waals surface area contributed by atoms with Crippen LogP contribution in [0, 0.1) is 13.8 Å². The molecule has 0 bridgehead atoms. The second-order valence-electron chi connectivity index (χ2n) is 9.35. The highest BCUT2D eigenvalue weighted by atomic mass is 16.7. The Morgan fingerprint density at radius 2 is 1.78 bits per heavy atom. The van der Waals surface area contributed by atoms with Crippen LogP contribution in [0.3, 0.4) is 0 Å². The first-order valence-corrected chi connectivity index (χ1v) is 12.2. The van der Waals surface area contributed by atoms with E-state index in [1.54, 1.807) is 10.9 Å². The van der Waals surface area contributed by atoms with Crippen molar-refractivity contribution in [3.63, 3.8) is 0 Å². The van der Waals surface area contributed by atoms with Crippen molar-refractivity contribution in [1.82, 2.24) is 19.6 Å². The summed E-state index contributed by atoms with van der Waals surface area (Å²) in [6.45, 7) is 8.08. The van der Waals surface area contributed by atoms with E-state index in [2.05, 4.69) is 24.0 Å². The first-order valence-electron chi connectivity index (χ1n) is 12.2. The van der Waals surface area contributed by atoms with Crippen LogP contribution in [0.4, 0.5) is 0 Å². The first kappa shape index (κ1) is 22.4. The zero-order chi connectivity index (χ0) is 24.6. The predicted octanol–water partition coefficient (Wildman–Crippen LogP) is 4.44. The van der Waals surface area contributed by atoms with Crippen LogP contribution >= 0.6 is 0 Å². The molecule has 8 heteroatoms. The highest BCUT2D eigenvalue weighted by Crippen LogP contribution is 2.33. The molecule has 184 valence electrons. The maximum atomic E-state index is 13.7. The lowest BCUT2D eigenvalue weighted by Gasteiger charge is -2.34. The molecule has 0 unspecified atom stereocenters. The van der Waals surface area contributed by atoms with Crippen molar-refractivity contribution in [2.45, 2.75) is 20.4 Å². The molecule has 0 N–H and O–H groups in total. The predicted molar refractivity (Wildman–Crippen MR) is 134 cm³/mol. The minimum atomic E-state index is -0.0250. The summed E-state index contributed by atoms with van der Waals surface area (Å²) in [5.41, 5.74) is 5.48. The molecule has 4 heterocycles. The molecule has 0 atom stereocenters. The third-order valence-corrected chi connectivity index (χ3v) is 6.79. The molecule has 0 radical (unpaired) electrons. The summed E-state index contributed by atoms with van der Waals surface area (Å²) in [7, 11) is 0. The van der Waals surface area contributed by atoms with E-state index in [-0.39, 0.29) is 12.7 Å². The second kappa shape index (κ2) is 9.20. The summed E-state index contributed by atoms with van der Waals surface area (Å²) < 4.78 is 18.3.